The number of aryl methyl sites for hydroxylation is 1. The zero-order valence-corrected chi connectivity index (χ0v) is 19.4. The average Bonchev–Trinajstić information content (AvgIpc) is 3.24. The van der Waals surface area contributed by atoms with Gasteiger partial charge in [-0.2, -0.15) is 0 Å². The summed E-state index contributed by atoms with van der Waals surface area (Å²) in [6, 6.07) is 11.8. The monoisotopic (exact) mass is 476 g/mol. The Hall–Kier alpha value is -2.59. The van der Waals surface area contributed by atoms with Gasteiger partial charge in [0.1, 0.15) is 0 Å². The van der Waals surface area contributed by atoms with Crippen molar-refractivity contribution in [3.8, 4) is 0 Å². The molecule has 32 heavy (non-hydrogen) atoms. The summed E-state index contributed by atoms with van der Waals surface area (Å²) in [7, 11) is 0. The number of rotatable bonds is 7. The molecular formula is C22H25ClN4O4S. The molecule has 2 aromatic carbocycles. The number of nitro benzene ring substituents is 1. The van der Waals surface area contributed by atoms with E-state index in [9.17, 15) is 14.9 Å². The van der Waals surface area contributed by atoms with E-state index in [1.54, 1.807) is 4.90 Å². The fourth-order valence-electron chi connectivity index (χ4n) is 3.63. The van der Waals surface area contributed by atoms with Crippen LogP contribution in [0.3, 0.4) is 0 Å². The molecule has 0 spiro atoms. The molecule has 1 aliphatic rings. The van der Waals surface area contributed by atoms with Crippen molar-refractivity contribution >= 4 is 50.7 Å². The van der Waals surface area contributed by atoms with Crippen LogP contribution in [0.15, 0.2) is 42.5 Å². The lowest BCUT2D eigenvalue weighted by atomic mass is 10.1. The van der Waals surface area contributed by atoms with E-state index in [2.05, 4.69) is 17.9 Å². The number of fused-ring (bicyclic) bond motifs is 1. The second kappa shape index (κ2) is 10.8. The Bertz CT molecular complexity index is 1080. The molecule has 4 rings (SSSR count). The van der Waals surface area contributed by atoms with E-state index in [1.807, 2.05) is 12.1 Å². The van der Waals surface area contributed by atoms with Crippen LogP contribution in [0.25, 0.3) is 10.2 Å². The summed E-state index contributed by atoms with van der Waals surface area (Å²) in [5.41, 5.74) is 2.44. The van der Waals surface area contributed by atoms with Crippen molar-refractivity contribution < 1.29 is 14.5 Å². The van der Waals surface area contributed by atoms with Crippen LogP contribution >= 0.6 is 23.7 Å². The molecule has 0 bridgehead atoms. The van der Waals surface area contributed by atoms with E-state index in [0.29, 0.717) is 37.0 Å². The number of amides is 1. The minimum atomic E-state index is -0.468. The smallest absolute Gasteiger partial charge is 0.269 e. The highest BCUT2D eigenvalue weighted by atomic mass is 35.5. The maximum atomic E-state index is 13.4. The van der Waals surface area contributed by atoms with E-state index in [4.69, 9.17) is 9.72 Å². The van der Waals surface area contributed by atoms with Crippen LogP contribution in [0.4, 0.5) is 10.8 Å². The number of morpholine rings is 1. The fourth-order valence-corrected chi connectivity index (χ4v) is 4.66. The molecule has 0 N–H and O–H groups in total. The number of halogens is 1. The summed E-state index contributed by atoms with van der Waals surface area (Å²) in [6.07, 6.45) is 0.866. The molecule has 1 fully saturated rings. The number of carbonyl (C=O) groups is 1. The third-order valence-electron chi connectivity index (χ3n) is 5.42. The van der Waals surface area contributed by atoms with Crippen LogP contribution in [-0.4, -0.2) is 60.1 Å². The maximum absolute atomic E-state index is 13.4. The number of hydrogen-bond donors (Lipinski definition) is 0. The second-order valence-corrected chi connectivity index (χ2v) is 8.34. The van der Waals surface area contributed by atoms with E-state index in [1.165, 1.54) is 35.6 Å². The Kier molecular flexibility index (Phi) is 8.14. The maximum Gasteiger partial charge on any atom is 0.269 e. The third kappa shape index (κ3) is 5.24. The average molecular weight is 477 g/mol. The number of aromatic nitrogens is 1. The zero-order valence-electron chi connectivity index (χ0n) is 17.7. The van der Waals surface area contributed by atoms with Crippen LogP contribution in [-0.2, 0) is 11.2 Å². The van der Waals surface area contributed by atoms with Gasteiger partial charge < -0.3 is 4.74 Å². The summed E-state index contributed by atoms with van der Waals surface area (Å²) < 4.78 is 6.46. The number of ether oxygens (including phenoxy) is 1. The van der Waals surface area contributed by atoms with Gasteiger partial charge in [0.25, 0.3) is 11.6 Å². The van der Waals surface area contributed by atoms with Crippen molar-refractivity contribution in [2.24, 2.45) is 0 Å². The van der Waals surface area contributed by atoms with Gasteiger partial charge in [0.15, 0.2) is 5.13 Å². The highest BCUT2D eigenvalue weighted by Crippen LogP contribution is 2.32. The lowest BCUT2D eigenvalue weighted by molar-refractivity contribution is -0.384. The Balaban J connectivity index is 0.00000289. The van der Waals surface area contributed by atoms with Crippen LogP contribution in [0.5, 0.6) is 0 Å². The molecule has 2 heterocycles. The van der Waals surface area contributed by atoms with Crippen molar-refractivity contribution in [1.29, 1.82) is 0 Å². The molecule has 1 aliphatic heterocycles. The van der Waals surface area contributed by atoms with Crippen LogP contribution in [0.2, 0.25) is 0 Å². The number of carbonyl (C=O) groups excluding carboxylic acids is 1. The van der Waals surface area contributed by atoms with Gasteiger partial charge in [-0.15, -0.1) is 12.4 Å². The van der Waals surface area contributed by atoms with Gasteiger partial charge >= 0.3 is 0 Å². The number of hydrogen-bond acceptors (Lipinski definition) is 7. The Morgan fingerprint density at radius 1 is 1.22 bits per heavy atom. The van der Waals surface area contributed by atoms with Crippen molar-refractivity contribution in [3.05, 3.63) is 63.7 Å². The molecule has 0 unspecified atom stereocenters. The highest BCUT2D eigenvalue weighted by Gasteiger charge is 2.24. The minimum absolute atomic E-state index is 0. The normalized spacial score (nSPS) is 14.2. The van der Waals surface area contributed by atoms with E-state index in [0.717, 1.165) is 35.3 Å². The van der Waals surface area contributed by atoms with E-state index in [-0.39, 0.29) is 24.0 Å². The van der Waals surface area contributed by atoms with Crippen molar-refractivity contribution in [1.82, 2.24) is 9.88 Å². The van der Waals surface area contributed by atoms with Crippen LogP contribution < -0.4 is 4.90 Å². The second-order valence-electron chi connectivity index (χ2n) is 7.33. The van der Waals surface area contributed by atoms with E-state index < -0.39 is 4.92 Å². The number of para-hydroxylation sites is 1. The molecule has 1 aromatic heterocycles. The molecule has 3 aromatic rings. The van der Waals surface area contributed by atoms with Gasteiger partial charge in [-0.1, -0.05) is 30.4 Å². The van der Waals surface area contributed by atoms with E-state index >= 15 is 0 Å². The van der Waals surface area contributed by atoms with Gasteiger partial charge in [0.2, 0.25) is 0 Å². The predicted molar refractivity (Wildman–Crippen MR) is 128 cm³/mol. The molecule has 8 nitrogen and oxygen atoms in total. The summed E-state index contributed by atoms with van der Waals surface area (Å²) in [5, 5.41) is 11.6. The highest BCUT2D eigenvalue weighted by molar-refractivity contribution is 7.22. The molecule has 1 amide bonds. The molecule has 0 aliphatic carbocycles. The summed E-state index contributed by atoms with van der Waals surface area (Å²) in [5.74, 6) is -0.208. The number of nitrogens with zero attached hydrogens (tertiary/aromatic N) is 4. The SMILES string of the molecule is CCc1cccc2sc(N(CCN3CCOCC3)C(=O)c3ccc([N+](=O)[O-])cc3)nc12.Cl. The molecule has 170 valence electrons. The quantitative estimate of drug-likeness (QED) is 0.375. The molecular weight excluding hydrogens is 452 g/mol. The van der Waals surface area contributed by atoms with Crippen molar-refractivity contribution in [3.63, 3.8) is 0 Å². The van der Waals surface area contributed by atoms with Gasteiger partial charge in [0.05, 0.1) is 28.4 Å². The predicted octanol–water partition coefficient (Wildman–Crippen LogP) is 4.17. The third-order valence-corrected chi connectivity index (χ3v) is 6.46. The standard InChI is InChI=1S/C22H24N4O4S.ClH/c1-2-16-4-3-5-19-20(16)23-22(31-19)25(11-10-24-12-14-30-15-13-24)21(27)17-6-8-18(9-7-17)26(28)29;/h3-9H,2,10-15H2,1H3;1H. The summed E-state index contributed by atoms with van der Waals surface area (Å²) in [6.45, 7) is 6.33. The Labute approximate surface area is 196 Å². The molecule has 0 atom stereocenters. The topological polar surface area (TPSA) is 88.8 Å². The number of anilines is 1. The zero-order chi connectivity index (χ0) is 21.8. The number of thiazole rings is 1. The molecule has 0 saturated carbocycles. The Morgan fingerprint density at radius 3 is 2.59 bits per heavy atom. The minimum Gasteiger partial charge on any atom is -0.379 e. The molecule has 0 radical (unpaired) electrons. The van der Waals surface area contributed by atoms with Gasteiger partial charge in [0, 0.05) is 43.9 Å². The number of non-ortho nitro benzene ring substituents is 1. The van der Waals surface area contributed by atoms with Gasteiger partial charge in [-0.3, -0.25) is 24.7 Å². The van der Waals surface area contributed by atoms with Gasteiger partial charge in [-0.05, 0) is 30.2 Å². The lowest BCUT2D eigenvalue weighted by Crippen LogP contribution is -2.43. The number of benzene rings is 2. The van der Waals surface area contributed by atoms with Crippen LogP contribution in [0.1, 0.15) is 22.8 Å². The Morgan fingerprint density at radius 2 is 1.94 bits per heavy atom. The summed E-state index contributed by atoms with van der Waals surface area (Å²) >= 11 is 1.50. The lowest BCUT2D eigenvalue weighted by Gasteiger charge is -2.29. The molecule has 10 heteroatoms. The first kappa shape index (κ1) is 24.1. The summed E-state index contributed by atoms with van der Waals surface area (Å²) in [4.78, 5) is 32.7. The van der Waals surface area contributed by atoms with Crippen molar-refractivity contribution in [2.45, 2.75) is 13.3 Å². The fraction of sp³-hybridized carbons (Fsp3) is 0.364. The molecule has 1 saturated heterocycles. The van der Waals surface area contributed by atoms with Crippen LogP contribution in [0, 0.1) is 10.1 Å². The van der Waals surface area contributed by atoms with Crippen molar-refractivity contribution in [2.75, 3.05) is 44.3 Å². The first-order valence-corrected chi connectivity index (χ1v) is 11.1. The largest absolute Gasteiger partial charge is 0.379 e. The first-order valence-electron chi connectivity index (χ1n) is 10.3. The van der Waals surface area contributed by atoms with Gasteiger partial charge in [-0.25, -0.2) is 4.98 Å². The number of nitro groups is 1. The first-order chi connectivity index (χ1) is 15.1.